The van der Waals surface area contributed by atoms with Crippen molar-refractivity contribution in [3.8, 4) is 11.8 Å². The average molecular weight is 479 g/mol. The van der Waals surface area contributed by atoms with Crippen molar-refractivity contribution in [2.75, 3.05) is 118 Å². The van der Waals surface area contributed by atoms with E-state index < -0.39 is 0 Å². The van der Waals surface area contributed by atoms with E-state index in [0.717, 1.165) is 118 Å². The standard InChI is InChI=1S/C26H54N8/c1(2-22-34-25-8-17-31-19-18-30-13-5-14-32-20-26-34)21-33-23-6-15-28-11-3-9-27-10-4-12-29-16-7-24-33/h27-32H,3-26H2. The summed E-state index contributed by atoms with van der Waals surface area (Å²) in [7, 11) is 0. The monoisotopic (exact) mass is 478 g/mol. The van der Waals surface area contributed by atoms with Gasteiger partial charge in [0.15, 0.2) is 0 Å². The molecule has 0 radical (unpaired) electrons. The smallest absolute Gasteiger partial charge is 0.0602 e. The van der Waals surface area contributed by atoms with Gasteiger partial charge in [0.2, 0.25) is 0 Å². The van der Waals surface area contributed by atoms with Crippen LogP contribution in [0.3, 0.4) is 0 Å². The molecule has 8 nitrogen and oxygen atoms in total. The second kappa shape index (κ2) is 22.7. The van der Waals surface area contributed by atoms with Crippen molar-refractivity contribution < 1.29 is 0 Å². The summed E-state index contributed by atoms with van der Waals surface area (Å²) in [4.78, 5) is 5.06. The molecule has 0 unspecified atom stereocenters. The van der Waals surface area contributed by atoms with E-state index in [0.29, 0.717) is 0 Å². The first-order valence-electron chi connectivity index (χ1n) is 14.1. The SMILES string of the molecule is C(#CCN1CCCNCCNCCCNCC1)CN1CCCNCCCNCCCNCCC1. The van der Waals surface area contributed by atoms with E-state index >= 15 is 0 Å². The first-order valence-corrected chi connectivity index (χ1v) is 14.1. The van der Waals surface area contributed by atoms with E-state index in [4.69, 9.17) is 0 Å². The van der Waals surface area contributed by atoms with Gasteiger partial charge in [0, 0.05) is 45.8 Å². The average Bonchev–Trinajstić information content (AvgIpc) is 2.84. The van der Waals surface area contributed by atoms with Crippen LogP contribution in [-0.2, 0) is 0 Å². The van der Waals surface area contributed by atoms with E-state index in [1.54, 1.807) is 0 Å². The lowest BCUT2D eigenvalue weighted by atomic mass is 10.3. The summed E-state index contributed by atoms with van der Waals surface area (Å²) in [5, 5.41) is 21.4. The molecule has 6 N–H and O–H groups in total. The lowest BCUT2D eigenvalue weighted by Gasteiger charge is -2.21. The highest BCUT2D eigenvalue weighted by Gasteiger charge is 2.05. The van der Waals surface area contributed by atoms with E-state index in [9.17, 15) is 0 Å². The molecule has 0 saturated carbocycles. The zero-order valence-corrected chi connectivity index (χ0v) is 21.9. The van der Waals surface area contributed by atoms with Gasteiger partial charge in [-0.2, -0.15) is 0 Å². The van der Waals surface area contributed by atoms with Crippen LogP contribution in [0.2, 0.25) is 0 Å². The second-order valence-electron chi connectivity index (χ2n) is 9.53. The second-order valence-corrected chi connectivity index (χ2v) is 9.53. The van der Waals surface area contributed by atoms with Crippen molar-refractivity contribution in [2.45, 2.75) is 38.5 Å². The van der Waals surface area contributed by atoms with Gasteiger partial charge in [-0.05, 0) is 97.4 Å². The zero-order valence-electron chi connectivity index (χ0n) is 21.9. The van der Waals surface area contributed by atoms with E-state index in [-0.39, 0.29) is 0 Å². The quantitative estimate of drug-likeness (QED) is 0.297. The Morgan fingerprint density at radius 2 is 0.676 bits per heavy atom. The summed E-state index contributed by atoms with van der Waals surface area (Å²) >= 11 is 0. The van der Waals surface area contributed by atoms with Crippen molar-refractivity contribution in [3.05, 3.63) is 0 Å². The molecule has 0 aliphatic carbocycles. The van der Waals surface area contributed by atoms with Crippen LogP contribution in [0.25, 0.3) is 0 Å². The molecule has 2 rings (SSSR count). The van der Waals surface area contributed by atoms with Gasteiger partial charge in [-0.25, -0.2) is 0 Å². The van der Waals surface area contributed by atoms with E-state index in [1.165, 1.54) is 38.5 Å². The number of hydrogen-bond acceptors (Lipinski definition) is 8. The van der Waals surface area contributed by atoms with Crippen LogP contribution in [0.1, 0.15) is 38.5 Å². The molecule has 0 bridgehead atoms. The minimum Gasteiger partial charge on any atom is -0.317 e. The van der Waals surface area contributed by atoms with Gasteiger partial charge >= 0.3 is 0 Å². The summed E-state index contributed by atoms with van der Waals surface area (Å²) in [6.07, 6.45) is 7.19. The molecular formula is C26H54N8. The number of nitrogens with one attached hydrogen (secondary N) is 6. The predicted octanol–water partition coefficient (Wildman–Crippen LogP) is -0.501. The molecule has 2 fully saturated rings. The van der Waals surface area contributed by atoms with Crippen LogP contribution in [0.15, 0.2) is 0 Å². The van der Waals surface area contributed by atoms with Crippen molar-refractivity contribution in [3.63, 3.8) is 0 Å². The Labute approximate surface area is 210 Å². The van der Waals surface area contributed by atoms with Crippen molar-refractivity contribution >= 4 is 0 Å². The van der Waals surface area contributed by atoms with E-state index in [1.807, 2.05) is 0 Å². The van der Waals surface area contributed by atoms with E-state index in [2.05, 4.69) is 53.5 Å². The first kappa shape index (κ1) is 29.5. The maximum atomic E-state index is 3.60. The molecule has 0 amide bonds. The van der Waals surface area contributed by atoms with Crippen LogP contribution < -0.4 is 31.9 Å². The van der Waals surface area contributed by atoms with Gasteiger partial charge in [0.05, 0.1) is 13.1 Å². The Morgan fingerprint density at radius 3 is 1.12 bits per heavy atom. The summed E-state index contributed by atoms with van der Waals surface area (Å²) in [6.45, 7) is 19.4. The number of hydrogen-bond donors (Lipinski definition) is 6. The summed E-state index contributed by atoms with van der Waals surface area (Å²) in [5.41, 5.74) is 0. The lowest BCUT2D eigenvalue weighted by Crippen LogP contribution is -2.37. The highest BCUT2D eigenvalue weighted by Crippen LogP contribution is 1.95. The lowest BCUT2D eigenvalue weighted by molar-refractivity contribution is 0.292. The Hall–Kier alpha value is -0.760. The Morgan fingerprint density at radius 1 is 0.353 bits per heavy atom. The molecule has 0 aromatic rings. The molecule has 2 aliphatic heterocycles. The third-order valence-electron chi connectivity index (χ3n) is 6.42. The highest BCUT2D eigenvalue weighted by molar-refractivity contribution is 5.03. The van der Waals surface area contributed by atoms with Gasteiger partial charge in [0.25, 0.3) is 0 Å². The zero-order chi connectivity index (χ0) is 23.8. The molecule has 0 atom stereocenters. The van der Waals surface area contributed by atoms with Crippen molar-refractivity contribution in [2.24, 2.45) is 0 Å². The van der Waals surface area contributed by atoms with Crippen LogP contribution in [-0.4, -0.2) is 128 Å². The maximum absolute atomic E-state index is 3.60. The van der Waals surface area contributed by atoms with Gasteiger partial charge in [-0.15, -0.1) is 0 Å². The molecular weight excluding hydrogens is 424 g/mol. The van der Waals surface area contributed by atoms with Gasteiger partial charge in [-0.3, -0.25) is 9.80 Å². The summed E-state index contributed by atoms with van der Waals surface area (Å²) in [6, 6.07) is 0. The van der Waals surface area contributed by atoms with Crippen LogP contribution in [0.4, 0.5) is 0 Å². The van der Waals surface area contributed by atoms with Gasteiger partial charge in [0.1, 0.15) is 0 Å². The first-order chi connectivity index (χ1) is 16.9. The third kappa shape index (κ3) is 17.6. The fourth-order valence-corrected chi connectivity index (χ4v) is 4.34. The molecule has 34 heavy (non-hydrogen) atoms. The number of nitrogens with zero attached hydrogens (tertiary/aromatic N) is 2. The fourth-order valence-electron chi connectivity index (χ4n) is 4.34. The summed E-state index contributed by atoms with van der Waals surface area (Å²) in [5.74, 6) is 7.00. The fraction of sp³-hybridized carbons (Fsp3) is 0.923. The molecule has 0 spiro atoms. The molecule has 2 heterocycles. The topological polar surface area (TPSA) is 78.7 Å². The highest BCUT2D eigenvalue weighted by atomic mass is 15.1. The molecule has 198 valence electrons. The molecule has 0 aromatic carbocycles. The Balaban J connectivity index is 1.72. The van der Waals surface area contributed by atoms with Crippen LogP contribution in [0, 0.1) is 11.8 Å². The van der Waals surface area contributed by atoms with Crippen LogP contribution >= 0.6 is 0 Å². The maximum Gasteiger partial charge on any atom is 0.0602 e. The van der Waals surface area contributed by atoms with Crippen molar-refractivity contribution in [1.82, 2.24) is 41.7 Å². The molecule has 2 saturated heterocycles. The third-order valence-corrected chi connectivity index (χ3v) is 6.42. The van der Waals surface area contributed by atoms with Gasteiger partial charge in [-0.1, -0.05) is 11.8 Å². The van der Waals surface area contributed by atoms with Crippen molar-refractivity contribution in [1.29, 1.82) is 0 Å². The minimum atomic E-state index is 0.883. The largest absolute Gasteiger partial charge is 0.317 e. The molecule has 8 heteroatoms. The number of rotatable bonds is 2. The minimum absolute atomic E-state index is 0.883. The van der Waals surface area contributed by atoms with Crippen LogP contribution in [0.5, 0.6) is 0 Å². The molecule has 0 aromatic heterocycles. The van der Waals surface area contributed by atoms with Gasteiger partial charge < -0.3 is 31.9 Å². The Kier molecular flexibility index (Phi) is 19.7. The summed E-state index contributed by atoms with van der Waals surface area (Å²) < 4.78 is 0. The normalized spacial score (nSPS) is 23.9. The molecule has 2 aliphatic rings. The Bertz CT molecular complexity index is 477. The predicted molar refractivity (Wildman–Crippen MR) is 146 cm³/mol.